The maximum atomic E-state index is 12.2. The Morgan fingerprint density at radius 1 is 1.41 bits per heavy atom. The lowest BCUT2D eigenvalue weighted by Crippen LogP contribution is -2.17. The van der Waals surface area contributed by atoms with E-state index in [4.69, 9.17) is 0 Å². The van der Waals surface area contributed by atoms with Gasteiger partial charge in [-0.1, -0.05) is 0 Å². The van der Waals surface area contributed by atoms with E-state index in [9.17, 15) is 4.79 Å². The summed E-state index contributed by atoms with van der Waals surface area (Å²) >= 11 is 0. The number of aromatic nitrogens is 5. The number of nitrogens with one attached hydrogen (secondary N) is 1. The van der Waals surface area contributed by atoms with Crippen LogP contribution in [0.4, 0.5) is 0 Å². The van der Waals surface area contributed by atoms with E-state index in [-0.39, 0.29) is 5.56 Å². The molecule has 1 N–H and O–H groups in total. The molecule has 0 saturated heterocycles. The number of rotatable bonds is 1. The Kier molecular flexibility index (Phi) is 1.91. The van der Waals surface area contributed by atoms with Crippen LogP contribution in [0.25, 0.3) is 16.9 Å². The van der Waals surface area contributed by atoms with Crippen LogP contribution in [0.15, 0.2) is 29.3 Å². The molecule has 3 heterocycles. The summed E-state index contributed by atoms with van der Waals surface area (Å²) in [4.78, 5) is 16.4. The van der Waals surface area contributed by atoms with Crippen molar-refractivity contribution in [1.29, 1.82) is 0 Å². The molecule has 3 aromatic heterocycles. The monoisotopic (exact) mass is 229 g/mol. The highest BCUT2D eigenvalue weighted by molar-refractivity contribution is 5.58. The highest BCUT2D eigenvalue weighted by Gasteiger charge is 2.10. The number of hydrogen-bond donors (Lipinski definition) is 1. The van der Waals surface area contributed by atoms with E-state index in [0.717, 1.165) is 5.69 Å². The van der Waals surface area contributed by atoms with Crippen LogP contribution in [0.3, 0.4) is 0 Å². The van der Waals surface area contributed by atoms with Crippen molar-refractivity contribution in [3.05, 3.63) is 40.6 Å². The van der Waals surface area contributed by atoms with Gasteiger partial charge in [-0.3, -0.25) is 14.6 Å². The fraction of sp³-hybridized carbons (Fsp3) is 0.182. The van der Waals surface area contributed by atoms with Gasteiger partial charge in [0.05, 0.1) is 11.3 Å². The second kappa shape index (κ2) is 3.31. The maximum Gasteiger partial charge on any atom is 0.282 e. The summed E-state index contributed by atoms with van der Waals surface area (Å²) < 4.78 is 3.09. The van der Waals surface area contributed by atoms with Gasteiger partial charge in [0, 0.05) is 31.2 Å². The first kappa shape index (κ1) is 9.83. The number of hydrogen-bond acceptors (Lipinski definition) is 3. The SMILES string of the molecule is Cc1cc2ncc(-c3ccn(C)n3)c(=O)n2[nH]1. The van der Waals surface area contributed by atoms with Crippen molar-refractivity contribution in [2.75, 3.05) is 0 Å². The molecular formula is C11H11N5O. The normalized spacial score (nSPS) is 11.2. The average Bonchev–Trinajstić information content (AvgIpc) is 2.85. The first-order chi connectivity index (χ1) is 8.15. The molecule has 17 heavy (non-hydrogen) atoms. The Balaban J connectivity index is 2.31. The standard InChI is InChI=1S/C11H11N5O/c1-7-5-10-12-6-8(11(17)16(10)13-7)9-3-4-15(2)14-9/h3-6,13H,1-2H3. The van der Waals surface area contributed by atoms with Crippen LogP contribution >= 0.6 is 0 Å². The molecule has 0 aliphatic rings. The van der Waals surface area contributed by atoms with Crippen molar-refractivity contribution in [1.82, 2.24) is 24.4 Å². The van der Waals surface area contributed by atoms with Crippen LogP contribution in [0, 0.1) is 6.92 Å². The van der Waals surface area contributed by atoms with Gasteiger partial charge in [-0.05, 0) is 13.0 Å². The zero-order valence-electron chi connectivity index (χ0n) is 9.51. The molecule has 0 aliphatic carbocycles. The first-order valence-corrected chi connectivity index (χ1v) is 5.22. The average molecular weight is 229 g/mol. The number of aryl methyl sites for hydroxylation is 2. The molecule has 0 fully saturated rings. The summed E-state index contributed by atoms with van der Waals surface area (Å²) in [5, 5.41) is 7.16. The van der Waals surface area contributed by atoms with Gasteiger partial charge in [-0.2, -0.15) is 5.10 Å². The number of nitrogens with zero attached hydrogens (tertiary/aromatic N) is 4. The van der Waals surface area contributed by atoms with E-state index < -0.39 is 0 Å². The molecule has 0 amide bonds. The molecule has 0 aliphatic heterocycles. The lowest BCUT2D eigenvalue weighted by Gasteiger charge is -1.97. The maximum absolute atomic E-state index is 12.2. The lowest BCUT2D eigenvalue weighted by molar-refractivity contribution is 0.769. The molecular weight excluding hydrogens is 218 g/mol. The molecule has 0 saturated carbocycles. The molecule has 0 radical (unpaired) electrons. The largest absolute Gasteiger partial charge is 0.294 e. The smallest absolute Gasteiger partial charge is 0.282 e. The minimum Gasteiger partial charge on any atom is -0.294 e. The summed E-state index contributed by atoms with van der Waals surface area (Å²) in [5.74, 6) is 0. The Bertz CT molecular complexity index is 749. The summed E-state index contributed by atoms with van der Waals surface area (Å²) in [6.45, 7) is 1.88. The summed E-state index contributed by atoms with van der Waals surface area (Å²) in [6, 6.07) is 3.62. The number of H-pyrrole nitrogens is 1. The summed E-state index contributed by atoms with van der Waals surface area (Å²) in [5.41, 5.74) is 2.50. The predicted molar refractivity (Wildman–Crippen MR) is 62.8 cm³/mol. The van der Waals surface area contributed by atoms with Crippen molar-refractivity contribution >= 4 is 5.65 Å². The molecule has 0 unspecified atom stereocenters. The molecule has 6 heteroatoms. The third-order valence-electron chi connectivity index (χ3n) is 2.61. The number of aromatic amines is 1. The second-order valence-electron chi connectivity index (χ2n) is 3.98. The van der Waals surface area contributed by atoms with E-state index in [1.165, 1.54) is 4.52 Å². The third kappa shape index (κ3) is 1.45. The molecule has 86 valence electrons. The van der Waals surface area contributed by atoms with E-state index in [2.05, 4.69) is 15.2 Å². The van der Waals surface area contributed by atoms with Gasteiger partial charge in [-0.15, -0.1) is 0 Å². The van der Waals surface area contributed by atoms with Crippen LogP contribution in [-0.4, -0.2) is 24.4 Å². The van der Waals surface area contributed by atoms with Gasteiger partial charge in [-0.25, -0.2) is 9.50 Å². The second-order valence-corrected chi connectivity index (χ2v) is 3.98. The molecule has 6 nitrogen and oxygen atoms in total. The molecule has 0 bridgehead atoms. The molecule has 0 spiro atoms. The minimum absolute atomic E-state index is 0.137. The Morgan fingerprint density at radius 2 is 2.24 bits per heavy atom. The zero-order valence-corrected chi connectivity index (χ0v) is 9.51. The van der Waals surface area contributed by atoms with Crippen molar-refractivity contribution in [3.63, 3.8) is 0 Å². The van der Waals surface area contributed by atoms with E-state index in [1.807, 2.05) is 20.0 Å². The van der Waals surface area contributed by atoms with Crippen molar-refractivity contribution in [2.45, 2.75) is 6.92 Å². The van der Waals surface area contributed by atoms with Gasteiger partial charge in [0.2, 0.25) is 0 Å². The van der Waals surface area contributed by atoms with E-state index >= 15 is 0 Å². The van der Waals surface area contributed by atoms with E-state index in [1.54, 1.807) is 23.1 Å². The summed E-state index contributed by atoms with van der Waals surface area (Å²) in [7, 11) is 1.81. The molecule has 3 aromatic rings. The fourth-order valence-electron chi connectivity index (χ4n) is 1.81. The Hall–Kier alpha value is -2.37. The highest BCUT2D eigenvalue weighted by Crippen LogP contribution is 2.11. The fourth-order valence-corrected chi connectivity index (χ4v) is 1.81. The predicted octanol–water partition coefficient (Wildman–Crippen LogP) is 0.732. The van der Waals surface area contributed by atoms with Gasteiger partial charge in [0.1, 0.15) is 0 Å². The van der Waals surface area contributed by atoms with Crippen molar-refractivity contribution in [3.8, 4) is 11.3 Å². The van der Waals surface area contributed by atoms with Gasteiger partial charge in [0.25, 0.3) is 5.56 Å². The first-order valence-electron chi connectivity index (χ1n) is 5.22. The third-order valence-corrected chi connectivity index (χ3v) is 2.61. The molecule has 0 atom stereocenters. The Labute approximate surface area is 96.5 Å². The van der Waals surface area contributed by atoms with Crippen LogP contribution < -0.4 is 5.56 Å². The van der Waals surface area contributed by atoms with Crippen molar-refractivity contribution in [2.24, 2.45) is 7.05 Å². The zero-order chi connectivity index (χ0) is 12.0. The van der Waals surface area contributed by atoms with Gasteiger partial charge >= 0.3 is 0 Å². The van der Waals surface area contributed by atoms with Crippen LogP contribution in [-0.2, 0) is 7.05 Å². The van der Waals surface area contributed by atoms with Crippen LogP contribution in [0.2, 0.25) is 0 Å². The topological polar surface area (TPSA) is 68.0 Å². The summed E-state index contributed by atoms with van der Waals surface area (Å²) in [6.07, 6.45) is 3.36. The highest BCUT2D eigenvalue weighted by atomic mass is 16.1. The quantitative estimate of drug-likeness (QED) is 0.669. The van der Waals surface area contributed by atoms with E-state index in [0.29, 0.717) is 16.9 Å². The minimum atomic E-state index is -0.137. The molecule has 0 aromatic carbocycles. The van der Waals surface area contributed by atoms with Crippen LogP contribution in [0.1, 0.15) is 5.69 Å². The number of fused-ring (bicyclic) bond motifs is 1. The molecule has 3 rings (SSSR count). The lowest BCUT2D eigenvalue weighted by atomic mass is 10.2. The van der Waals surface area contributed by atoms with Crippen LogP contribution in [0.5, 0.6) is 0 Å². The van der Waals surface area contributed by atoms with Crippen molar-refractivity contribution < 1.29 is 0 Å². The van der Waals surface area contributed by atoms with Gasteiger partial charge in [0.15, 0.2) is 5.65 Å². The Morgan fingerprint density at radius 3 is 2.94 bits per heavy atom. The van der Waals surface area contributed by atoms with Gasteiger partial charge < -0.3 is 0 Å².